The van der Waals surface area contributed by atoms with Crippen LogP contribution in [0, 0.1) is 11.6 Å². The maximum atomic E-state index is 15.4. The summed E-state index contributed by atoms with van der Waals surface area (Å²) in [6, 6.07) is 4.25. The second-order valence-corrected chi connectivity index (χ2v) is 14.2. The van der Waals surface area contributed by atoms with Gasteiger partial charge >= 0.3 is 12.4 Å². The SMILES string of the molecule is CN1N(Cc2ccc(OCCNCCS(=O)(=O)O)c(F)c2F)C(=O)C(C(=O)Nc2ccc(C(F)(F)F)cc2-c2cc(C(F)(F)F)ncn2)=C(O)C12CCCC2. The second-order valence-electron chi connectivity index (χ2n) is 12.6. The molecule has 1 aromatic heterocycles. The van der Waals surface area contributed by atoms with Crippen molar-refractivity contribution in [2.45, 2.75) is 50.1 Å². The first-order valence-electron chi connectivity index (χ1n) is 16.3. The average molecular weight is 809 g/mol. The van der Waals surface area contributed by atoms with E-state index < -0.39 is 109 Å². The van der Waals surface area contributed by atoms with Gasteiger partial charge in [-0.2, -0.15) is 39.2 Å². The third kappa shape index (κ3) is 8.97. The summed E-state index contributed by atoms with van der Waals surface area (Å²) in [4.78, 5) is 34.6. The van der Waals surface area contributed by atoms with Crippen molar-refractivity contribution in [2.24, 2.45) is 0 Å². The normalized spacial score (nSPS) is 16.6. The fraction of sp³-hybridized carbons (Fsp3) is 0.394. The number of nitrogens with one attached hydrogen (secondary N) is 2. The van der Waals surface area contributed by atoms with Crippen molar-refractivity contribution in [3.63, 3.8) is 0 Å². The third-order valence-corrected chi connectivity index (χ3v) is 9.83. The van der Waals surface area contributed by atoms with Gasteiger partial charge in [-0.1, -0.05) is 18.9 Å². The molecule has 22 heteroatoms. The Hall–Kier alpha value is -4.93. The molecule has 55 heavy (non-hydrogen) atoms. The van der Waals surface area contributed by atoms with Gasteiger partial charge in [-0.15, -0.1) is 0 Å². The first-order valence-corrected chi connectivity index (χ1v) is 17.9. The van der Waals surface area contributed by atoms with Crippen molar-refractivity contribution < 1.29 is 67.5 Å². The van der Waals surface area contributed by atoms with E-state index in [-0.39, 0.29) is 38.1 Å². The number of alkyl halides is 6. The number of carbonyl (C=O) groups is 2. The summed E-state index contributed by atoms with van der Waals surface area (Å²) in [6.07, 6.45) is -8.14. The first-order chi connectivity index (χ1) is 25.6. The number of ether oxygens (including phenoxy) is 1. The lowest BCUT2D eigenvalue weighted by molar-refractivity contribution is -0.163. The monoisotopic (exact) mass is 808 g/mol. The van der Waals surface area contributed by atoms with Gasteiger partial charge in [0, 0.05) is 31.3 Å². The fourth-order valence-corrected chi connectivity index (χ4v) is 6.70. The molecule has 2 aromatic carbocycles. The molecule has 0 saturated heterocycles. The van der Waals surface area contributed by atoms with Gasteiger partial charge in [0.1, 0.15) is 30.0 Å². The van der Waals surface area contributed by atoms with Crippen LogP contribution in [0.2, 0.25) is 0 Å². The van der Waals surface area contributed by atoms with Crippen molar-refractivity contribution in [3.05, 3.63) is 82.5 Å². The Morgan fingerprint density at radius 1 is 0.982 bits per heavy atom. The number of likely N-dealkylation sites (N-methyl/N-ethyl adjacent to an activating group) is 1. The zero-order valence-electron chi connectivity index (χ0n) is 28.6. The first kappa shape index (κ1) is 41.2. The molecule has 0 unspecified atom stereocenters. The topological polar surface area (TPSA) is 174 Å². The minimum Gasteiger partial charge on any atom is -0.509 e. The van der Waals surface area contributed by atoms with Gasteiger partial charge in [0.25, 0.3) is 21.9 Å². The third-order valence-electron chi connectivity index (χ3n) is 9.11. The highest BCUT2D eigenvalue weighted by Crippen LogP contribution is 2.45. The van der Waals surface area contributed by atoms with Crippen molar-refractivity contribution >= 4 is 27.6 Å². The van der Waals surface area contributed by atoms with Crippen LogP contribution in [-0.2, 0) is 38.6 Å². The summed E-state index contributed by atoms with van der Waals surface area (Å²) in [5.41, 5.74) is -7.29. The molecule has 0 bridgehead atoms. The van der Waals surface area contributed by atoms with E-state index in [1.165, 1.54) is 12.1 Å². The van der Waals surface area contributed by atoms with Crippen molar-refractivity contribution in [1.29, 1.82) is 0 Å². The molecular formula is C33H32F8N6O7S. The van der Waals surface area contributed by atoms with Gasteiger partial charge in [-0.25, -0.2) is 19.4 Å². The number of hydrogen-bond acceptors (Lipinski definition) is 10. The molecule has 13 nitrogen and oxygen atoms in total. The predicted octanol–water partition coefficient (Wildman–Crippen LogP) is 5.27. The highest BCUT2D eigenvalue weighted by atomic mass is 32.2. The van der Waals surface area contributed by atoms with Crippen LogP contribution in [0.15, 0.2) is 54.1 Å². The van der Waals surface area contributed by atoms with E-state index in [0.717, 1.165) is 23.2 Å². The highest BCUT2D eigenvalue weighted by Gasteiger charge is 2.53. The van der Waals surface area contributed by atoms with E-state index in [2.05, 4.69) is 20.6 Å². The molecule has 2 aliphatic rings. The zero-order valence-corrected chi connectivity index (χ0v) is 29.4. The molecular weight excluding hydrogens is 776 g/mol. The van der Waals surface area contributed by atoms with Gasteiger partial charge in [0.15, 0.2) is 11.6 Å². The Bertz CT molecular complexity index is 2110. The number of benzene rings is 2. The number of amides is 2. The summed E-state index contributed by atoms with van der Waals surface area (Å²) in [5.74, 6) is -7.28. The lowest BCUT2D eigenvalue weighted by atomic mass is 9.88. The van der Waals surface area contributed by atoms with Crippen molar-refractivity contribution in [2.75, 3.05) is 37.8 Å². The predicted molar refractivity (Wildman–Crippen MR) is 176 cm³/mol. The van der Waals surface area contributed by atoms with E-state index in [1.54, 1.807) is 0 Å². The van der Waals surface area contributed by atoms with Gasteiger partial charge in [-0.05, 0) is 43.2 Å². The molecule has 2 heterocycles. The Morgan fingerprint density at radius 2 is 1.67 bits per heavy atom. The fourth-order valence-electron chi connectivity index (χ4n) is 6.30. The largest absolute Gasteiger partial charge is 0.509 e. The van der Waals surface area contributed by atoms with E-state index >= 15 is 8.78 Å². The van der Waals surface area contributed by atoms with Crippen LogP contribution in [0.5, 0.6) is 5.75 Å². The number of halogens is 8. The zero-order chi connectivity index (χ0) is 40.5. The van der Waals surface area contributed by atoms with E-state index in [0.29, 0.717) is 37.4 Å². The summed E-state index contributed by atoms with van der Waals surface area (Å²) in [7, 11) is -2.83. The standard InChI is InChI=1S/C33H32F8N6O7S/c1-46-31(8-2-3-9-31)28(48)25(30(50)47(46)16-18-4-7-23(27(35)26(18)34)54-12-10-42-11-13-55(51,52)53)29(49)45-21-6-5-19(32(36,37)38)14-20(21)22-15-24(33(39,40)41)44-17-43-22/h4-7,14-15,17,42,48H,2-3,8-13,16H2,1H3,(H,45,49)(H,51,52,53). The smallest absolute Gasteiger partial charge is 0.433 e. The van der Waals surface area contributed by atoms with Gasteiger partial charge in [0.2, 0.25) is 5.82 Å². The molecule has 2 amide bonds. The number of anilines is 1. The van der Waals surface area contributed by atoms with Crippen molar-refractivity contribution in [3.8, 4) is 17.0 Å². The lowest BCUT2D eigenvalue weighted by Crippen LogP contribution is -2.62. The number of hydrazine groups is 1. The number of nitrogens with zero attached hydrogens (tertiary/aromatic N) is 4. The number of rotatable bonds is 12. The quantitative estimate of drug-likeness (QED) is 0.0813. The molecule has 3 aromatic rings. The molecule has 5 rings (SSSR count). The minimum absolute atomic E-state index is 0.00418. The molecule has 1 saturated carbocycles. The molecule has 298 valence electrons. The summed E-state index contributed by atoms with van der Waals surface area (Å²) < 4.78 is 148. The maximum absolute atomic E-state index is 15.4. The van der Waals surface area contributed by atoms with Gasteiger partial charge in [0.05, 0.1) is 34.8 Å². The number of aromatic nitrogens is 2. The Balaban J connectivity index is 1.44. The Labute approximate surface area is 307 Å². The second kappa shape index (κ2) is 15.7. The molecule has 0 radical (unpaired) electrons. The van der Waals surface area contributed by atoms with E-state index in [4.69, 9.17) is 9.29 Å². The minimum atomic E-state index is -5.01. The molecule has 0 atom stereocenters. The summed E-state index contributed by atoms with van der Waals surface area (Å²) in [5, 5.41) is 18.5. The van der Waals surface area contributed by atoms with Crippen LogP contribution < -0.4 is 15.4 Å². The Kier molecular flexibility index (Phi) is 11.7. The maximum Gasteiger partial charge on any atom is 0.433 e. The van der Waals surface area contributed by atoms with E-state index in [9.17, 15) is 49.5 Å². The van der Waals surface area contributed by atoms with Crippen LogP contribution in [0.3, 0.4) is 0 Å². The highest BCUT2D eigenvalue weighted by molar-refractivity contribution is 7.85. The molecule has 1 spiro atoms. The Morgan fingerprint density at radius 3 is 2.31 bits per heavy atom. The van der Waals surface area contributed by atoms with Crippen LogP contribution in [0.1, 0.15) is 42.5 Å². The van der Waals surface area contributed by atoms with Crippen LogP contribution in [0.25, 0.3) is 11.3 Å². The summed E-state index contributed by atoms with van der Waals surface area (Å²) >= 11 is 0. The molecule has 1 aliphatic carbocycles. The van der Waals surface area contributed by atoms with Crippen LogP contribution in [-0.4, -0.2) is 87.9 Å². The number of carbonyl (C=O) groups excluding carboxylic acids is 2. The molecule has 1 fully saturated rings. The van der Waals surface area contributed by atoms with Gasteiger partial charge in [-0.3, -0.25) is 19.2 Å². The number of hydrogen-bond donors (Lipinski definition) is 4. The summed E-state index contributed by atoms with van der Waals surface area (Å²) in [6.45, 7) is -1.07. The lowest BCUT2D eigenvalue weighted by Gasteiger charge is -2.48. The van der Waals surface area contributed by atoms with Crippen LogP contribution >= 0.6 is 0 Å². The molecule has 1 aliphatic heterocycles. The van der Waals surface area contributed by atoms with Gasteiger partial charge < -0.3 is 20.5 Å². The number of aliphatic hydroxyl groups is 1. The molecule has 4 N–H and O–H groups in total. The number of aliphatic hydroxyl groups excluding tert-OH is 1. The van der Waals surface area contributed by atoms with E-state index in [1.807, 2.05) is 0 Å². The average Bonchev–Trinajstić information content (AvgIpc) is 3.60. The van der Waals surface area contributed by atoms with Crippen LogP contribution in [0.4, 0.5) is 40.8 Å². The van der Waals surface area contributed by atoms with Crippen molar-refractivity contribution in [1.82, 2.24) is 25.3 Å².